The summed E-state index contributed by atoms with van der Waals surface area (Å²) in [7, 11) is 0. The first-order valence-electron chi connectivity index (χ1n) is 5.33. The molecule has 0 aromatic heterocycles. The normalized spacial score (nSPS) is 14.1. The molecule has 84 valence electrons. The second-order valence-corrected chi connectivity index (χ2v) is 12.6. The summed E-state index contributed by atoms with van der Waals surface area (Å²) in [5.74, 6) is -2.46. The van der Waals surface area contributed by atoms with Crippen LogP contribution in [0.25, 0.3) is 0 Å². The van der Waals surface area contributed by atoms with Gasteiger partial charge in [-0.05, 0) is 0 Å². The van der Waals surface area contributed by atoms with E-state index in [2.05, 4.69) is 61.9 Å². The van der Waals surface area contributed by atoms with Crippen molar-refractivity contribution >= 4 is 27.8 Å². The van der Waals surface area contributed by atoms with Gasteiger partial charge in [0.05, 0.1) is 0 Å². The number of benzene rings is 2. The van der Waals surface area contributed by atoms with E-state index >= 15 is 0 Å². The Morgan fingerprint density at radius 3 is 1.31 bits per heavy atom. The van der Waals surface area contributed by atoms with Crippen molar-refractivity contribution in [2.24, 2.45) is 0 Å². The first-order valence-corrected chi connectivity index (χ1v) is 9.37. The van der Waals surface area contributed by atoms with Gasteiger partial charge >= 0.3 is 102 Å². The summed E-state index contributed by atoms with van der Waals surface area (Å²) in [5, 5.41) is 2.47. The molecule has 16 heavy (non-hydrogen) atoms. The summed E-state index contributed by atoms with van der Waals surface area (Å²) in [4.78, 5) is 0. The average molecular weight is 251 g/mol. The summed E-state index contributed by atoms with van der Waals surface area (Å²) in [6.07, 6.45) is 0. The molecule has 0 aliphatic heterocycles. The van der Waals surface area contributed by atoms with Crippen LogP contribution in [-0.4, -0.2) is 13.3 Å². The molecule has 0 atom stereocenters. The molecule has 0 saturated carbocycles. The van der Waals surface area contributed by atoms with Crippen molar-refractivity contribution in [1.82, 2.24) is 0 Å². The number of rotatable bonds is 2. The van der Waals surface area contributed by atoms with Crippen molar-refractivity contribution in [2.75, 3.05) is 13.3 Å². The molecule has 0 heterocycles. The number of hydrogen-bond acceptors (Lipinski definition) is 0. The molecule has 2 aromatic rings. The van der Waals surface area contributed by atoms with Crippen molar-refractivity contribution in [3.63, 3.8) is 0 Å². The Bertz CT molecular complexity index is 425. The third-order valence-corrected chi connectivity index (χ3v) is 7.74. The molecule has 0 fully saturated rings. The van der Waals surface area contributed by atoms with Gasteiger partial charge in [-0.15, -0.1) is 0 Å². The van der Waals surface area contributed by atoms with Crippen LogP contribution in [-0.2, 0) is 0 Å². The maximum atomic E-state index is 6.97. The molecule has 2 rings (SSSR count). The van der Waals surface area contributed by atoms with Crippen LogP contribution in [0.2, 0.25) is 0 Å². The third kappa shape index (κ3) is 2.00. The second-order valence-electron chi connectivity index (χ2n) is 4.63. The topological polar surface area (TPSA) is 0 Å². The Balaban J connectivity index is 2.60. The van der Waals surface area contributed by atoms with E-state index in [0.29, 0.717) is 0 Å². The van der Waals surface area contributed by atoms with Crippen LogP contribution in [0.15, 0.2) is 60.7 Å². The Kier molecular flexibility index (Phi) is 2.82. The van der Waals surface area contributed by atoms with E-state index in [4.69, 9.17) is 11.2 Å². The molecule has 0 N–H and O–H groups in total. The molecule has 2 aromatic carbocycles. The zero-order valence-electron chi connectivity index (χ0n) is 9.60. The Labute approximate surface area is 102 Å². The van der Waals surface area contributed by atoms with Gasteiger partial charge in [-0.1, -0.05) is 0 Å². The first-order chi connectivity index (χ1) is 7.49. The molecule has 0 unspecified atom stereocenters. The van der Waals surface area contributed by atoms with Crippen molar-refractivity contribution in [2.45, 2.75) is 0 Å². The predicted octanol–water partition coefficient (Wildman–Crippen LogP) is 3.60. The van der Waals surface area contributed by atoms with E-state index in [-0.39, 0.29) is 0 Å². The molecule has 0 nitrogen and oxygen atoms in total. The SMILES string of the molecule is CP(C)(Cl)(c1ccccc1)c1ccccc1. The van der Waals surface area contributed by atoms with Crippen LogP contribution in [0, 0.1) is 0 Å². The monoisotopic (exact) mass is 250 g/mol. The zero-order chi connectivity index (χ0) is 11.7. The maximum absolute atomic E-state index is 6.97. The minimum absolute atomic E-state index is 1.24. The second kappa shape index (κ2) is 3.87. The van der Waals surface area contributed by atoms with Crippen LogP contribution in [0.3, 0.4) is 0 Å². The Morgan fingerprint density at radius 2 is 1.00 bits per heavy atom. The molecule has 0 aliphatic rings. The molecule has 0 radical (unpaired) electrons. The van der Waals surface area contributed by atoms with E-state index in [0.717, 1.165) is 0 Å². The summed E-state index contributed by atoms with van der Waals surface area (Å²) < 4.78 is 0. The molecule has 2 heteroatoms. The minimum atomic E-state index is -2.46. The fourth-order valence-corrected chi connectivity index (χ4v) is 4.90. The standard InChI is InChI=1S/C14H16ClP/c1-16(2,15,13-9-5-3-6-10-13)14-11-7-4-8-12-14/h3-12H,1-2H3. The summed E-state index contributed by atoms with van der Waals surface area (Å²) in [6.45, 7) is 4.36. The van der Waals surface area contributed by atoms with Gasteiger partial charge in [0, 0.05) is 0 Å². The van der Waals surface area contributed by atoms with Gasteiger partial charge in [0.2, 0.25) is 0 Å². The summed E-state index contributed by atoms with van der Waals surface area (Å²) in [6, 6.07) is 20.7. The Morgan fingerprint density at radius 1 is 0.688 bits per heavy atom. The first kappa shape index (κ1) is 11.6. The molecular formula is C14H16ClP. The zero-order valence-corrected chi connectivity index (χ0v) is 11.2. The fraction of sp³-hybridized carbons (Fsp3) is 0.143. The van der Waals surface area contributed by atoms with E-state index in [1.807, 2.05) is 12.1 Å². The van der Waals surface area contributed by atoms with E-state index < -0.39 is 5.96 Å². The van der Waals surface area contributed by atoms with Gasteiger partial charge in [-0.2, -0.15) is 0 Å². The molecule has 0 spiro atoms. The van der Waals surface area contributed by atoms with Crippen molar-refractivity contribution in [3.05, 3.63) is 60.7 Å². The van der Waals surface area contributed by atoms with Gasteiger partial charge in [-0.25, -0.2) is 0 Å². The van der Waals surface area contributed by atoms with E-state index in [1.165, 1.54) is 10.6 Å². The van der Waals surface area contributed by atoms with Crippen LogP contribution in [0.1, 0.15) is 0 Å². The molecular weight excluding hydrogens is 235 g/mol. The van der Waals surface area contributed by atoms with Crippen LogP contribution < -0.4 is 10.6 Å². The van der Waals surface area contributed by atoms with Gasteiger partial charge in [-0.3, -0.25) is 0 Å². The van der Waals surface area contributed by atoms with E-state index in [1.54, 1.807) is 0 Å². The van der Waals surface area contributed by atoms with Gasteiger partial charge in [0.1, 0.15) is 0 Å². The van der Waals surface area contributed by atoms with Crippen LogP contribution in [0.5, 0.6) is 0 Å². The third-order valence-electron chi connectivity index (χ3n) is 3.00. The van der Waals surface area contributed by atoms with Gasteiger partial charge in [0.25, 0.3) is 0 Å². The summed E-state index contributed by atoms with van der Waals surface area (Å²) >= 11 is 6.97. The van der Waals surface area contributed by atoms with Gasteiger partial charge < -0.3 is 0 Å². The van der Waals surface area contributed by atoms with E-state index in [9.17, 15) is 0 Å². The average Bonchev–Trinajstić information content (AvgIpc) is 2.31. The fourth-order valence-electron chi connectivity index (χ4n) is 1.86. The molecule has 0 saturated heterocycles. The van der Waals surface area contributed by atoms with Gasteiger partial charge in [0.15, 0.2) is 0 Å². The molecule has 0 aliphatic carbocycles. The predicted molar refractivity (Wildman–Crippen MR) is 76.8 cm³/mol. The van der Waals surface area contributed by atoms with Crippen LogP contribution >= 0.6 is 17.2 Å². The Hall–Kier alpha value is -0.840. The van der Waals surface area contributed by atoms with Crippen molar-refractivity contribution in [3.8, 4) is 0 Å². The van der Waals surface area contributed by atoms with Crippen molar-refractivity contribution < 1.29 is 0 Å². The van der Waals surface area contributed by atoms with Crippen LogP contribution in [0.4, 0.5) is 0 Å². The van der Waals surface area contributed by atoms with Crippen molar-refractivity contribution in [1.29, 1.82) is 0 Å². The molecule has 0 bridgehead atoms. The quantitative estimate of drug-likeness (QED) is 0.715. The summed E-state index contributed by atoms with van der Waals surface area (Å²) in [5.41, 5.74) is 0. The molecule has 0 amide bonds. The number of hydrogen-bond donors (Lipinski definition) is 0. The number of halogens is 1.